The van der Waals surface area contributed by atoms with Crippen molar-refractivity contribution in [2.45, 2.75) is 68.8 Å². The van der Waals surface area contributed by atoms with Crippen LogP contribution in [0, 0.1) is 0 Å². The minimum absolute atomic E-state index is 0.0405. The molecule has 0 saturated heterocycles. The molecule has 0 aromatic carbocycles. The first-order chi connectivity index (χ1) is 8.19. The zero-order chi connectivity index (χ0) is 12.3. The Kier molecular flexibility index (Phi) is 4.74. The first kappa shape index (κ1) is 13.2. The van der Waals surface area contributed by atoms with Crippen molar-refractivity contribution in [3.63, 3.8) is 0 Å². The Hall–Kier alpha value is -0.220. The quantitative estimate of drug-likeness (QED) is 0.789. The van der Waals surface area contributed by atoms with Crippen LogP contribution in [0.15, 0.2) is 0 Å². The summed E-state index contributed by atoms with van der Waals surface area (Å²) in [6.07, 6.45) is 9.58. The average Bonchev–Trinajstić information content (AvgIpc) is 3.13. The van der Waals surface area contributed by atoms with Crippen molar-refractivity contribution in [2.75, 3.05) is 6.26 Å². The van der Waals surface area contributed by atoms with Crippen LogP contribution in [0.4, 0.5) is 0 Å². The molecule has 3 unspecified atom stereocenters. The lowest BCUT2D eigenvalue weighted by molar-refractivity contribution is -0.123. The van der Waals surface area contributed by atoms with Gasteiger partial charge in [0.2, 0.25) is 5.91 Å². The minimum Gasteiger partial charge on any atom is -0.352 e. The maximum Gasteiger partial charge on any atom is 0.237 e. The molecule has 2 saturated carbocycles. The molecule has 2 N–H and O–H groups in total. The van der Waals surface area contributed by atoms with Crippen LogP contribution in [-0.4, -0.2) is 35.5 Å². The van der Waals surface area contributed by atoms with Gasteiger partial charge in [0, 0.05) is 17.3 Å². The highest BCUT2D eigenvalue weighted by molar-refractivity contribution is 7.99. The summed E-state index contributed by atoms with van der Waals surface area (Å²) < 4.78 is 0. The molecule has 3 atom stereocenters. The Morgan fingerprint density at radius 3 is 2.65 bits per heavy atom. The van der Waals surface area contributed by atoms with E-state index in [1.807, 2.05) is 18.7 Å². The molecule has 0 aromatic rings. The van der Waals surface area contributed by atoms with Gasteiger partial charge in [0.15, 0.2) is 0 Å². The van der Waals surface area contributed by atoms with Gasteiger partial charge >= 0.3 is 0 Å². The van der Waals surface area contributed by atoms with Crippen LogP contribution < -0.4 is 10.6 Å². The molecular formula is C13H24N2OS. The Morgan fingerprint density at radius 2 is 2.00 bits per heavy atom. The second-order valence-corrected chi connectivity index (χ2v) is 6.53. The minimum atomic E-state index is -0.0405. The molecule has 4 heteroatoms. The van der Waals surface area contributed by atoms with Crippen LogP contribution in [-0.2, 0) is 4.79 Å². The maximum atomic E-state index is 11.8. The van der Waals surface area contributed by atoms with Gasteiger partial charge in [-0.3, -0.25) is 4.79 Å². The SMILES string of the molecule is CSC1CCCC(NC(C)C(=O)NC2CC2)C1. The summed E-state index contributed by atoms with van der Waals surface area (Å²) in [5.41, 5.74) is 0. The van der Waals surface area contributed by atoms with Crippen LogP contribution in [0.3, 0.4) is 0 Å². The fourth-order valence-electron chi connectivity index (χ4n) is 2.49. The number of nitrogens with one attached hydrogen (secondary N) is 2. The Bertz CT molecular complexity index is 268. The average molecular weight is 256 g/mol. The zero-order valence-electron chi connectivity index (χ0n) is 10.9. The lowest BCUT2D eigenvalue weighted by Crippen LogP contribution is -2.48. The standard InChI is InChI=1S/C13H24N2OS/c1-9(13(16)15-10-6-7-10)14-11-4-3-5-12(8-11)17-2/h9-12,14H,3-8H2,1-2H3,(H,15,16). The van der Waals surface area contributed by atoms with E-state index in [9.17, 15) is 4.79 Å². The van der Waals surface area contributed by atoms with Gasteiger partial charge in [0.05, 0.1) is 6.04 Å². The first-order valence-electron chi connectivity index (χ1n) is 6.78. The van der Waals surface area contributed by atoms with E-state index in [-0.39, 0.29) is 11.9 Å². The molecule has 0 aromatic heterocycles. The van der Waals surface area contributed by atoms with E-state index in [0.717, 1.165) is 18.1 Å². The summed E-state index contributed by atoms with van der Waals surface area (Å²) in [5, 5.41) is 7.33. The van der Waals surface area contributed by atoms with Gasteiger partial charge in [0.1, 0.15) is 0 Å². The second-order valence-electron chi connectivity index (χ2n) is 5.39. The number of carbonyl (C=O) groups excluding carboxylic acids is 1. The molecule has 3 nitrogen and oxygen atoms in total. The molecule has 0 bridgehead atoms. The largest absolute Gasteiger partial charge is 0.352 e. The van der Waals surface area contributed by atoms with Crippen LogP contribution >= 0.6 is 11.8 Å². The number of hydrogen-bond donors (Lipinski definition) is 2. The number of thioether (sulfide) groups is 1. The van der Waals surface area contributed by atoms with Crippen molar-refractivity contribution in [1.29, 1.82) is 0 Å². The number of hydrogen-bond acceptors (Lipinski definition) is 3. The van der Waals surface area contributed by atoms with Crippen LogP contribution in [0.25, 0.3) is 0 Å². The fourth-order valence-corrected chi connectivity index (χ4v) is 3.32. The van der Waals surface area contributed by atoms with Gasteiger partial charge in [-0.05, 0) is 45.3 Å². The Labute approximate surface area is 108 Å². The van der Waals surface area contributed by atoms with Crippen molar-refractivity contribution in [3.8, 4) is 0 Å². The van der Waals surface area contributed by atoms with Crippen molar-refractivity contribution in [1.82, 2.24) is 10.6 Å². The number of amides is 1. The molecule has 98 valence electrons. The summed E-state index contributed by atoms with van der Waals surface area (Å²) in [4.78, 5) is 11.8. The third kappa shape index (κ3) is 4.18. The predicted octanol–water partition coefficient (Wildman–Crippen LogP) is 1.92. The Balaban J connectivity index is 1.72. The molecule has 0 spiro atoms. The summed E-state index contributed by atoms with van der Waals surface area (Å²) >= 11 is 1.97. The molecule has 0 heterocycles. The van der Waals surface area contributed by atoms with E-state index in [0.29, 0.717) is 12.1 Å². The maximum absolute atomic E-state index is 11.8. The highest BCUT2D eigenvalue weighted by Crippen LogP contribution is 2.27. The third-order valence-corrected chi connectivity index (χ3v) is 4.86. The molecule has 0 aliphatic heterocycles. The highest BCUT2D eigenvalue weighted by Gasteiger charge is 2.28. The monoisotopic (exact) mass is 256 g/mol. The highest BCUT2D eigenvalue weighted by atomic mass is 32.2. The van der Waals surface area contributed by atoms with Crippen molar-refractivity contribution < 1.29 is 4.79 Å². The number of rotatable bonds is 5. The summed E-state index contributed by atoms with van der Waals surface area (Å²) in [6, 6.07) is 0.958. The summed E-state index contributed by atoms with van der Waals surface area (Å²) in [7, 11) is 0. The smallest absolute Gasteiger partial charge is 0.237 e. The Morgan fingerprint density at radius 1 is 1.24 bits per heavy atom. The van der Waals surface area contributed by atoms with Crippen LogP contribution in [0.2, 0.25) is 0 Å². The van der Waals surface area contributed by atoms with Crippen molar-refractivity contribution >= 4 is 17.7 Å². The van der Waals surface area contributed by atoms with Crippen LogP contribution in [0.1, 0.15) is 45.4 Å². The van der Waals surface area contributed by atoms with E-state index in [1.165, 1.54) is 25.7 Å². The molecule has 2 fully saturated rings. The third-order valence-electron chi connectivity index (χ3n) is 3.76. The summed E-state index contributed by atoms with van der Waals surface area (Å²) in [6.45, 7) is 1.99. The van der Waals surface area contributed by atoms with E-state index in [1.54, 1.807) is 0 Å². The predicted molar refractivity (Wildman–Crippen MR) is 73.3 cm³/mol. The molecule has 17 heavy (non-hydrogen) atoms. The van der Waals surface area contributed by atoms with Crippen molar-refractivity contribution in [3.05, 3.63) is 0 Å². The normalized spacial score (nSPS) is 30.9. The van der Waals surface area contributed by atoms with E-state index < -0.39 is 0 Å². The molecule has 2 aliphatic carbocycles. The summed E-state index contributed by atoms with van der Waals surface area (Å²) in [5.74, 6) is 0.179. The topological polar surface area (TPSA) is 41.1 Å². The zero-order valence-corrected chi connectivity index (χ0v) is 11.7. The lowest BCUT2D eigenvalue weighted by atomic mass is 9.94. The molecular weight excluding hydrogens is 232 g/mol. The van der Waals surface area contributed by atoms with Gasteiger partial charge in [-0.2, -0.15) is 11.8 Å². The van der Waals surface area contributed by atoms with Gasteiger partial charge in [0.25, 0.3) is 0 Å². The van der Waals surface area contributed by atoms with Gasteiger partial charge < -0.3 is 10.6 Å². The lowest BCUT2D eigenvalue weighted by Gasteiger charge is -2.30. The molecule has 2 aliphatic rings. The van der Waals surface area contributed by atoms with E-state index in [4.69, 9.17) is 0 Å². The van der Waals surface area contributed by atoms with Crippen molar-refractivity contribution in [2.24, 2.45) is 0 Å². The van der Waals surface area contributed by atoms with E-state index in [2.05, 4.69) is 16.9 Å². The second kappa shape index (κ2) is 6.10. The number of carbonyl (C=O) groups is 1. The first-order valence-corrected chi connectivity index (χ1v) is 8.07. The van der Waals surface area contributed by atoms with Crippen LogP contribution in [0.5, 0.6) is 0 Å². The fraction of sp³-hybridized carbons (Fsp3) is 0.923. The molecule has 1 amide bonds. The van der Waals surface area contributed by atoms with Gasteiger partial charge in [-0.25, -0.2) is 0 Å². The molecule has 0 radical (unpaired) electrons. The van der Waals surface area contributed by atoms with Gasteiger partial charge in [-0.1, -0.05) is 6.42 Å². The molecule has 2 rings (SSSR count). The van der Waals surface area contributed by atoms with Gasteiger partial charge in [-0.15, -0.1) is 0 Å². The van der Waals surface area contributed by atoms with E-state index >= 15 is 0 Å².